The molecule has 0 atom stereocenters. The Hall–Kier alpha value is -1.07. The Morgan fingerprint density at radius 1 is 1.14 bits per heavy atom. The second-order valence-corrected chi connectivity index (χ2v) is 8.06. The number of benzene rings is 1. The van der Waals surface area contributed by atoms with Crippen LogP contribution in [0.2, 0.25) is 0 Å². The summed E-state index contributed by atoms with van der Waals surface area (Å²) in [6.45, 7) is 5.69. The molecule has 1 aromatic rings. The van der Waals surface area contributed by atoms with Gasteiger partial charge in [0.1, 0.15) is 0 Å². The third-order valence-corrected chi connectivity index (χ3v) is 5.71. The van der Waals surface area contributed by atoms with Crippen LogP contribution in [0.3, 0.4) is 0 Å². The molecule has 1 aliphatic rings. The van der Waals surface area contributed by atoms with Crippen LogP contribution in [-0.4, -0.2) is 21.5 Å². The Morgan fingerprint density at radius 3 is 2.33 bits per heavy atom. The molecule has 1 aromatic carbocycles. The van der Waals surface area contributed by atoms with Gasteiger partial charge in [0.15, 0.2) is 0 Å². The normalized spacial score (nSPS) is 17.8. The van der Waals surface area contributed by atoms with E-state index in [1.807, 2.05) is 19.1 Å². The molecular formula is C16H26N2O2S. The van der Waals surface area contributed by atoms with Gasteiger partial charge in [-0.3, -0.25) is 0 Å². The molecule has 0 amide bonds. The molecule has 0 aromatic heterocycles. The molecule has 1 aliphatic carbocycles. The largest absolute Gasteiger partial charge is 0.384 e. The Balaban J connectivity index is 1.95. The van der Waals surface area contributed by atoms with Crippen LogP contribution in [0.5, 0.6) is 0 Å². The van der Waals surface area contributed by atoms with E-state index in [0.29, 0.717) is 16.9 Å². The fourth-order valence-corrected chi connectivity index (χ4v) is 3.93. The summed E-state index contributed by atoms with van der Waals surface area (Å²) in [6, 6.07) is 7.02. The summed E-state index contributed by atoms with van der Waals surface area (Å²) in [5.74, 6) is 0. The summed E-state index contributed by atoms with van der Waals surface area (Å²) in [4.78, 5) is 0.327. The number of rotatable bonds is 7. The maximum Gasteiger partial charge on any atom is 0.240 e. The zero-order chi connectivity index (χ0) is 15.3. The first-order valence-corrected chi connectivity index (χ1v) is 9.27. The molecule has 118 valence electrons. The standard InChI is InChI=1S/C16H26N2O2S/c1-3-12-18-21(19,20)15-8-6-14(7-9-15)17-13-16(2)10-4-5-11-16/h6-9,17-18H,3-5,10-13H2,1-2H3. The maximum absolute atomic E-state index is 12.0. The Bertz CT molecular complexity index is 546. The average molecular weight is 310 g/mol. The SMILES string of the molecule is CCCNS(=O)(=O)c1ccc(NCC2(C)CCCC2)cc1. The van der Waals surface area contributed by atoms with Gasteiger partial charge in [-0.2, -0.15) is 0 Å². The van der Waals surface area contributed by atoms with Gasteiger partial charge in [0.05, 0.1) is 4.90 Å². The first-order chi connectivity index (χ1) is 9.95. The van der Waals surface area contributed by atoms with Crippen LogP contribution < -0.4 is 10.0 Å². The molecule has 0 unspecified atom stereocenters. The van der Waals surface area contributed by atoms with Crippen molar-refractivity contribution in [1.82, 2.24) is 4.72 Å². The van der Waals surface area contributed by atoms with Crippen LogP contribution in [0.25, 0.3) is 0 Å². The molecule has 0 saturated heterocycles. The predicted molar refractivity (Wildman–Crippen MR) is 87.0 cm³/mol. The van der Waals surface area contributed by atoms with E-state index in [9.17, 15) is 8.42 Å². The van der Waals surface area contributed by atoms with Gasteiger partial charge in [0.2, 0.25) is 10.0 Å². The lowest BCUT2D eigenvalue weighted by molar-refractivity contribution is 0.362. The quantitative estimate of drug-likeness (QED) is 0.812. The van der Waals surface area contributed by atoms with Crippen molar-refractivity contribution in [3.8, 4) is 0 Å². The van der Waals surface area contributed by atoms with Gasteiger partial charge in [0, 0.05) is 18.8 Å². The highest BCUT2D eigenvalue weighted by molar-refractivity contribution is 7.89. The van der Waals surface area contributed by atoms with Crippen LogP contribution in [0, 0.1) is 5.41 Å². The second kappa shape index (κ2) is 6.79. The molecule has 0 bridgehead atoms. The van der Waals surface area contributed by atoms with Crippen molar-refractivity contribution in [2.45, 2.75) is 50.8 Å². The third-order valence-electron chi connectivity index (χ3n) is 4.24. The third kappa shape index (κ3) is 4.45. The zero-order valence-electron chi connectivity index (χ0n) is 13.0. The number of nitrogens with one attached hydrogen (secondary N) is 2. The van der Waals surface area contributed by atoms with Crippen molar-refractivity contribution in [3.63, 3.8) is 0 Å². The molecule has 1 fully saturated rings. The van der Waals surface area contributed by atoms with Crippen molar-refractivity contribution in [1.29, 1.82) is 0 Å². The molecule has 2 N–H and O–H groups in total. The van der Waals surface area contributed by atoms with E-state index in [2.05, 4.69) is 17.0 Å². The van der Waals surface area contributed by atoms with E-state index in [1.54, 1.807) is 12.1 Å². The van der Waals surface area contributed by atoms with Gasteiger partial charge in [0.25, 0.3) is 0 Å². The fraction of sp³-hybridized carbons (Fsp3) is 0.625. The number of hydrogen-bond donors (Lipinski definition) is 2. The van der Waals surface area contributed by atoms with Crippen LogP contribution in [0.1, 0.15) is 46.0 Å². The lowest BCUT2D eigenvalue weighted by Gasteiger charge is -2.24. The minimum absolute atomic E-state index is 0.327. The van der Waals surface area contributed by atoms with Gasteiger partial charge >= 0.3 is 0 Å². The highest BCUT2D eigenvalue weighted by Crippen LogP contribution is 2.37. The topological polar surface area (TPSA) is 58.2 Å². The summed E-state index contributed by atoms with van der Waals surface area (Å²) in [5.41, 5.74) is 1.37. The number of anilines is 1. The Labute approximate surface area is 128 Å². The molecular weight excluding hydrogens is 284 g/mol. The van der Waals surface area contributed by atoms with Crippen molar-refractivity contribution >= 4 is 15.7 Å². The molecule has 0 aliphatic heterocycles. The van der Waals surface area contributed by atoms with E-state index in [1.165, 1.54) is 25.7 Å². The summed E-state index contributed by atoms with van der Waals surface area (Å²) in [6.07, 6.45) is 5.97. The van der Waals surface area contributed by atoms with Crippen LogP contribution in [0.4, 0.5) is 5.69 Å². The molecule has 0 radical (unpaired) electrons. The van der Waals surface area contributed by atoms with Crippen LogP contribution in [-0.2, 0) is 10.0 Å². The molecule has 0 heterocycles. The molecule has 5 heteroatoms. The van der Waals surface area contributed by atoms with Crippen molar-refractivity contribution in [2.24, 2.45) is 5.41 Å². The minimum Gasteiger partial charge on any atom is -0.384 e. The number of sulfonamides is 1. The van der Waals surface area contributed by atoms with Gasteiger partial charge in [-0.25, -0.2) is 13.1 Å². The highest BCUT2D eigenvalue weighted by Gasteiger charge is 2.28. The maximum atomic E-state index is 12.0. The van der Waals surface area contributed by atoms with Crippen molar-refractivity contribution in [2.75, 3.05) is 18.4 Å². The van der Waals surface area contributed by atoms with Gasteiger partial charge in [-0.05, 0) is 48.9 Å². The van der Waals surface area contributed by atoms with E-state index in [0.717, 1.165) is 18.7 Å². The number of hydrogen-bond acceptors (Lipinski definition) is 3. The first-order valence-electron chi connectivity index (χ1n) is 7.79. The molecule has 2 rings (SSSR count). The Morgan fingerprint density at radius 2 is 1.76 bits per heavy atom. The average Bonchev–Trinajstić information content (AvgIpc) is 2.91. The zero-order valence-corrected chi connectivity index (χ0v) is 13.8. The van der Waals surface area contributed by atoms with E-state index in [4.69, 9.17) is 0 Å². The summed E-state index contributed by atoms with van der Waals surface area (Å²) in [5, 5.41) is 3.43. The van der Waals surface area contributed by atoms with Crippen molar-refractivity contribution in [3.05, 3.63) is 24.3 Å². The molecule has 0 spiro atoms. The fourth-order valence-electron chi connectivity index (χ4n) is 2.79. The highest BCUT2D eigenvalue weighted by atomic mass is 32.2. The summed E-state index contributed by atoms with van der Waals surface area (Å²) < 4.78 is 26.6. The molecule has 21 heavy (non-hydrogen) atoms. The van der Waals surface area contributed by atoms with Gasteiger partial charge < -0.3 is 5.32 Å². The van der Waals surface area contributed by atoms with E-state index >= 15 is 0 Å². The monoisotopic (exact) mass is 310 g/mol. The smallest absolute Gasteiger partial charge is 0.240 e. The molecule has 1 saturated carbocycles. The van der Waals surface area contributed by atoms with E-state index < -0.39 is 10.0 Å². The lowest BCUT2D eigenvalue weighted by atomic mass is 9.89. The van der Waals surface area contributed by atoms with Gasteiger partial charge in [-0.1, -0.05) is 26.7 Å². The van der Waals surface area contributed by atoms with Crippen LogP contribution >= 0.6 is 0 Å². The lowest BCUT2D eigenvalue weighted by Crippen LogP contribution is -2.24. The van der Waals surface area contributed by atoms with Crippen molar-refractivity contribution < 1.29 is 8.42 Å². The van der Waals surface area contributed by atoms with E-state index in [-0.39, 0.29) is 0 Å². The van der Waals surface area contributed by atoms with Gasteiger partial charge in [-0.15, -0.1) is 0 Å². The molecule has 4 nitrogen and oxygen atoms in total. The second-order valence-electron chi connectivity index (χ2n) is 6.29. The first kappa shape index (κ1) is 16.3. The summed E-state index contributed by atoms with van der Waals surface area (Å²) >= 11 is 0. The predicted octanol–water partition coefficient (Wildman–Crippen LogP) is 3.37. The van der Waals surface area contributed by atoms with Crippen LogP contribution in [0.15, 0.2) is 29.2 Å². The Kier molecular flexibility index (Phi) is 5.27. The summed E-state index contributed by atoms with van der Waals surface area (Å²) in [7, 11) is -3.36. The minimum atomic E-state index is -3.36.